The van der Waals surface area contributed by atoms with Crippen LogP contribution < -0.4 is 10.6 Å². The molecule has 4 heteroatoms. The molecule has 1 aliphatic rings. The minimum absolute atomic E-state index is 0.919. The maximum Gasteiger partial charge on any atom is 0.203 e. The van der Waals surface area contributed by atoms with Gasteiger partial charge in [0.15, 0.2) is 0 Å². The van der Waals surface area contributed by atoms with Crippen LogP contribution in [0.3, 0.4) is 0 Å². The van der Waals surface area contributed by atoms with Gasteiger partial charge in [-0.05, 0) is 30.7 Å². The monoisotopic (exact) mass is 294 g/mol. The number of nitrogens with zero attached hydrogens (tertiary/aromatic N) is 2. The van der Waals surface area contributed by atoms with Crippen molar-refractivity contribution in [2.75, 3.05) is 31.5 Å². The lowest BCUT2D eigenvalue weighted by Gasteiger charge is -2.31. The lowest BCUT2D eigenvalue weighted by Crippen LogP contribution is -2.48. The fourth-order valence-electron chi connectivity index (χ4n) is 2.51. The molecule has 0 amide bonds. The van der Waals surface area contributed by atoms with Crippen LogP contribution in [0.15, 0.2) is 59.6 Å². The maximum absolute atomic E-state index is 4.82. The second-order valence-electron chi connectivity index (χ2n) is 5.45. The molecule has 114 valence electrons. The molecule has 0 radical (unpaired) electrons. The van der Waals surface area contributed by atoms with Crippen LogP contribution in [0.5, 0.6) is 0 Å². The van der Waals surface area contributed by atoms with Crippen LogP contribution in [0.25, 0.3) is 0 Å². The Morgan fingerprint density at radius 2 is 1.68 bits per heavy atom. The van der Waals surface area contributed by atoms with Gasteiger partial charge in [-0.25, -0.2) is 4.99 Å². The molecule has 1 heterocycles. The third-order valence-electron chi connectivity index (χ3n) is 3.80. The lowest BCUT2D eigenvalue weighted by atomic mass is 10.2. The lowest BCUT2D eigenvalue weighted by molar-refractivity contribution is 0.357. The number of benzene rings is 2. The Hall–Kier alpha value is -2.33. The van der Waals surface area contributed by atoms with Crippen molar-refractivity contribution in [2.45, 2.75) is 6.92 Å². The summed E-state index contributed by atoms with van der Waals surface area (Å²) in [5, 5.41) is 6.90. The molecule has 22 heavy (non-hydrogen) atoms. The summed E-state index contributed by atoms with van der Waals surface area (Å²) < 4.78 is 0. The standard InChI is InChI=1S/C18H22N4/c1-15-7-5-6-10-17(15)21-18(22-13-11-19-12-14-22)20-16-8-3-2-4-9-16/h2-10,19H,11-14H2,1H3,(H,20,21). The number of piperazine rings is 1. The first-order valence-electron chi connectivity index (χ1n) is 7.75. The highest BCUT2D eigenvalue weighted by atomic mass is 15.3. The van der Waals surface area contributed by atoms with E-state index in [9.17, 15) is 0 Å². The smallest absolute Gasteiger partial charge is 0.203 e. The Labute approximate surface area is 131 Å². The van der Waals surface area contributed by atoms with E-state index in [-0.39, 0.29) is 0 Å². The number of hydrogen-bond acceptors (Lipinski definition) is 2. The fourth-order valence-corrected chi connectivity index (χ4v) is 2.51. The first kappa shape index (κ1) is 14.6. The van der Waals surface area contributed by atoms with E-state index in [0.717, 1.165) is 43.5 Å². The van der Waals surface area contributed by atoms with E-state index in [4.69, 9.17) is 4.99 Å². The highest BCUT2D eigenvalue weighted by molar-refractivity contribution is 5.96. The number of hydrogen-bond donors (Lipinski definition) is 2. The van der Waals surface area contributed by atoms with Crippen LogP contribution in [0.4, 0.5) is 11.4 Å². The Bertz CT molecular complexity index is 631. The molecule has 0 spiro atoms. The number of para-hydroxylation sites is 2. The molecule has 0 atom stereocenters. The van der Waals surface area contributed by atoms with Gasteiger partial charge >= 0.3 is 0 Å². The van der Waals surface area contributed by atoms with E-state index < -0.39 is 0 Å². The van der Waals surface area contributed by atoms with Crippen LogP contribution in [-0.2, 0) is 0 Å². The first-order valence-corrected chi connectivity index (χ1v) is 7.75. The van der Waals surface area contributed by atoms with Crippen LogP contribution >= 0.6 is 0 Å². The summed E-state index contributed by atoms with van der Waals surface area (Å²) in [5.74, 6) is 0.919. The van der Waals surface area contributed by atoms with Crippen molar-refractivity contribution in [3.63, 3.8) is 0 Å². The molecular weight excluding hydrogens is 272 g/mol. The average molecular weight is 294 g/mol. The van der Waals surface area contributed by atoms with Gasteiger partial charge < -0.3 is 15.5 Å². The van der Waals surface area contributed by atoms with Crippen molar-refractivity contribution in [3.8, 4) is 0 Å². The van der Waals surface area contributed by atoms with E-state index in [0.29, 0.717) is 0 Å². The Kier molecular flexibility index (Phi) is 4.71. The molecule has 1 fully saturated rings. The summed E-state index contributed by atoms with van der Waals surface area (Å²) in [7, 11) is 0. The second-order valence-corrected chi connectivity index (χ2v) is 5.45. The van der Waals surface area contributed by atoms with Crippen molar-refractivity contribution in [1.29, 1.82) is 0 Å². The molecule has 2 aromatic rings. The quantitative estimate of drug-likeness (QED) is 0.661. The summed E-state index contributed by atoms with van der Waals surface area (Å²) in [6.45, 7) is 6.02. The normalized spacial score (nSPS) is 15.7. The predicted molar refractivity (Wildman–Crippen MR) is 92.8 cm³/mol. The summed E-state index contributed by atoms with van der Waals surface area (Å²) >= 11 is 0. The number of rotatable bonds is 2. The molecule has 0 unspecified atom stereocenters. The van der Waals surface area contributed by atoms with Gasteiger partial charge in [0.05, 0.1) is 5.69 Å². The first-order chi connectivity index (χ1) is 10.8. The highest BCUT2D eigenvalue weighted by Crippen LogP contribution is 2.17. The van der Waals surface area contributed by atoms with E-state index in [1.807, 2.05) is 36.4 Å². The molecular formula is C18H22N4. The summed E-state index contributed by atoms with van der Waals surface area (Å²) in [6, 6.07) is 18.4. The molecule has 2 N–H and O–H groups in total. The molecule has 2 aromatic carbocycles. The van der Waals surface area contributed by atoms with Crippen LogP contribution in [0.1, 0.15) is 5.56 Å². The van der Waals surface area contributed by atoms with Gasteiger partial charge in [-0.15, -0.1) is 0 Å². The van der Waals surface area contributed by atoms with Crippen LogP contribution in [0, 0.1) is 6.92 Å². The number of guanidine groups is 1. The predicted octanol–water partition coefficient (Wildman–Crippen LogP) is 3.00. The SMILES string of the molecule is Cc1ccccc1NC(=Nc1ccccc1)N1CCNCC1. The van der Waals surface area contributed by atoms with E-state index in [2.05, 4.69) is 40.7 Å². The summed E-state index contributed by atoms with van der Waals surface area (Å²) in [4.78, 5) is 7.12. The van der Waals surface area contributed by atoms with Crippen LogP contribution in [-0.4, -0.2) is 37.0 Å². The molecule has 1 aliphatic heterocycles. The van der Waals surface area contributed by atoms with Crippen molar-refractivity contribution in [2.24, 2.45) is 4.99 Å². The van der Waals surface area contributed by atoms with Crippen molar-refractivity contribution >= 4 is 17.3 Å². The zero-order valence-corrected chi connectivity index (χ0v) is 12.9. The Balaban J connectivity index is 1.89. The third-order valence-corrected chi connectivity index (χ3v) is 3.80. The topological polar surface area (TPSA) is 39.7 Å². The van der Waals surface area contributed by atoms with Gasteiger partial charge in [0.25, 0.3) is 0 Å². The van der Waals surface area contributed by atoms with Gasteiger partial charge in [-0.2, -0.15) is 0 Å². The van der Waals surface area contributed by atoms with E-state index in [1.54, 1.807) is 0 Å². The summed E-state index contributed by atoms with van der Waals surface area (Å²) in [6.07, 6.45) is 0. The number of aryl methyl sites for hydroxylation is 1. The zero-order valence-electron chi connectivity index (χ0n) is 12.9. The molecule has 0 bridgehead atoms. The molecule has 4 nitrogen and oxygen atoms in total. The molecule has 0 aromatic heterocycles. The molecule has 0 saturated carbocycles. The number of nitrogens with one attached hydrogen (secondary N) is 2. The van der Waals surface area contributed by atoms with Gasteiger partial charge in [0.1, 0.15) is 0 Å². The average Bonchev–Trinajstić information content (AvgIpc) is 2.58. The van der Waals surface area contributed by atoms with Gasteiger partial charge in [0.2, 0.25) is 5.96 Å². The largest absolute Gasteiger partial charge is 0.340 e. The third kappa shape index (κ3) is 3.65. The highest BCUT2D eigenvalue weighted by Gasteiger charge is 2.15. The zero-order chi connectivity index (χ0) is 15.2. The minimum atomic E-state index is 0.919. The van der Waals surface area contributed by atoms with Gasteiger partial charge in [-0.1, -0.05) is 36.4 Å². The van der Waals surface area contributed by atoms with Crippen molar-refractivity contribution in [3.05, 3.63) is 60.2 Å². The minimum Gasteiger partial charge on any atom is -0.340 e. The van der Waals surface area contributed by atoms with E-state index >= 15 is 0 Å². The second kappa shape index (κ2) is 7.09. The molecule has 3 rings (SSSR count). The van der Waals surface area contributed by atoms with Crippen molar-refractivity contribution in [1.82, 2.24) is 10.2 Å². The van der Waals surface area contributed by atoms with Crippen molar-refractivity contribution < 1.29 is 0 Å². The van der Waals surface area contributed by atoms with E-state index in [1.165, 1.54) is 5.56 Å². The van der Waals surface area contributed by atoms with Gasteiger partial charge in [-0.3, -0.25) is 0 Å². The Morgan fingerprint density at radius 3 is 2.41 bits per heavy atom. The van der Waals surface area contributed by atoms with Gasteiger partial charge in [0, 0.05) is 31.9 Å². The Morgan fingerprint density at radius 1 is 1.00 bits per heavy atom. The maximum atomic E-state index is 4.82. The number of aliphatic imine (C=N–C) groups is 1. The summed E-state index contributed by atoms with van der Waals surface area (Å²) in [5.41, 5.74) is 3.30. The number of anilines is 1. The molecule has 0 aliphatic carbocycles. The van der Waals surface area contributed by atoms with Crippen LogP contribution in [0.2, 0.25) is 0 Å². The molecule has 1 saturated heterocycles. The fraction of sp³-hybridized carbons (Fsp3) is 0.278.